The highest BCUT2D eigenvalue weighted by atomic mass is 79.9. The van der Waals surface area contributed by atoms with Gasteiger partial charge in [0.2, 0.25) is 0 Å². The van der Waals surface area contributed by atoms with Gasteiger partial charge in [-0.2, -0.15) is 0 Å². The summed E-state index contributed by atoms with van der Waals surface area (Å²) in [5, 5.41) is 0. The summed E-state index contributed by atoms with van der Waals surface area (Å²) < 4.78 is 19.2. The Balaban J connectivity index is 1.89. The number of allylic oxidation sites excluding steroid dienone is 1. The van der Waals surface area contributed by atoms with Gasteiger partial charge in [0.1, 0.15) is 11.5 Å². The van der Waals surface area contributed by atoms with Crippen molar-refractivity contribution in [2.75, 3.05) is 6.61 Å². The van der Waals surface area contributed by atoms with E-state index in [1.54, 1.807) is 36.6 Å². The quantitative estimate of drug-likeness (QED) is 0.450. The molecule has 2 aromatic heterocycles. The van der Waals surface area contributed by atoms with E-state index in [0.717, 1.165) is 5.56 Å². The van der Waals surface area contributed by atoms with Crippen LogP contribution >= 0.6 is 27.3 Å². The fourth-order valence-corrected chi connectivity index (χ4v) is 4.99. The number of furan rings is 1. The normalized spacial score (nSPS) is 16.1. The summed E-state index contributed by atoms with van der Waals surface area (Å²) in [4.78, 5) is 31.5. The van der Waals surface area contributed by atoms with Crippen LogP contribution in [0.15, 0.2) is 66.5 Å². The first-order chi connectivity index (χ1) is 15.8. The molecule has 1 aliphatic rings. The molecule has 0 unspecified atom stereocenters. The maximum Gasteiger partial charge on any atom is 0.338 e. The van der Waals surface area contributed by atoms with Crippen molar-refractivity contribution in [3.8, 4) is 5.75 Å². The number of fused-ring (bicyclic) bond motifs is 1. The Kier molecular flexibility index (Phi) is 6.71. The third-order valence-electron chi connectivity index (χ3n) is 4.95. The van der Waals surface area contributed by atoms with E-state index in [1.807, 2.05) is 38.1 Å². The minimum Gasteiger partial charge on any atom is -0.491 e. The number of thiazole rings is 1. The number of hydrogen-bond acceptors (Lipinski definition) is 7. The second kappa shape index (κ2) is 9.52. The third kappa shape index (κ3) is 4.74. The summed E-state index contributed by atoms with van der Waals surface area (Å²) in [7, 11) is 0. The summed E-state index contributed by atoms with van der Waals surface area (Å²) in [6.45, 7) is 7.64. The van der Waals surface area contributed by atoms with E-state index in [9.17, 15) is 9.59 Å². The third-order valence-corrected chi connectivity index (χ3v) is 6.36. The Morgan fingerprint density at radius 2 is 2.00 bits per heavy atom. The van der Waals surface area contributed by atoms with Crippen molar-refractivity contribution in [2.24, 2.45) is 4.99 Å². The van der Waals surface area contributed by atoms with Crippen molar-refractivity contribution in [3.05, 3.63) is 83.3 Å². The number of carbonyl (C=O) groups excluding carboxylic acids is 1. The van der Waals surface area contributed by atoms with E-state index in [0.29, 0.717) is 36.8 Å². The molecule has 9 heteroatoms. The molecule has 0 spiro atoms. The molecule has 4 rings (SSSR count). The summed E-state index contributed by atoms with van der Waals surface area (Å²) in [5.74, 6) is 0.763. The lowest BCUT2D eigenvalue weighted by molar-refractivity contribution is -0.139. The number of halogens is 1. The molecule has 0 bridgehead atoms. The molecule has 3 aromatic rings. The predicted octanol–water partition coefficient (Wildman–Crippen LogP) is 3.94. The van der Waals surface area contributed by atoms with Gasteiger partial charge in [-0.15, -0.1) is 0 Å². The first kappa shape index (κ1) is 23.3. The molecule has 7 nitrogen and oxygen atoms in total. The molecule has 0 saturated heterocycles. The van der Waals surface area contributed by atoms with Crippen molar-refractivity contribution in [1.82, 2.24) is 4.57 Å². The number of ether oxygens (including phenoxy) is 2. The van der Waals surface area contributed by atoms with Crippen LogP contribution in [0.3, 0.4) is 0 Å². The van der Waals surface area contributed by atoms with Crippen molar-refractivity contribution in [1.29, 1.82) is 0 Å². The monoisotopic (exact) mass is 530 g/mol. The fraction of sp³-hybridized carbons (Fsp3) is 0.292. The van der Waals surface area contributed by atoms with Gasteiger partial charge in [-0.05, 0) is 73.5 Å². The van der Waals surface area contributed by atoms with Crippen LogP contribution in [0.2, 0.25) is 0 Å². The average Bonchev–Trinajstić information content (AvgIpc) is 3.30. The van der Waals surface area contributed by atoms with Gasteiger partial charge in [0, 0.05) is 6.08 Å². The zero-order chi connectivity index (χ0) is 23.7. The summed E-state index contributed by atoms with van der Waals surface area (Å²) in [6.07, 6.45) is 1.71. The van der Waals surface area contributed by atoms with E-state index in [1.165, 1.54) is 11.3 Å². The molecule has 172 valence electrons. The van der Waals surface area contributed by atoms with Crippen LogP contribution in [0, 0.1) is 0 Å². The Bertz CT molecular complexity index is 1400. The molecule has 0 amide bonds. The molecule has 1 aliphatic heterocycles. The maximum atomic E-state index is 13.5. The Morgan fingerprint density at radius 1 is 1.27 bits per heavy atom. The largest absolute Gasteiger partial charge is 0.491 e. The van der Waals surface area contributed by atoms with Crippen molar-refractivity contribution in [3.63, 3.8) is 0 Å². The molecule has 1 atom stereocenters. The van der Waals surface area contributed by atoms with Crippen LogP contribution in [0.25, 0.3) is 6.08 Å². The van der Waals surface area contributed by atoms with Gasteiger partial charge in [0.25, 0.3) is 5.56 Å². The number of benzene rings is 1. The number of aromatic nitrogens is 1. The SMILES string of the molecule is CCOC(=O)C1=C(C)N=c2s/c(=C\c3ccc(Br)o3)c(=O)n2[C@@H]1c1ccc(OC(C)C)cc1. The minimum atomic E-state index is -0.668. The standard InChI is InChI=1S/C24H23BrN2O5S/c1-5-30-23(29)20-14(4)26-24-27(21(20)15-6-8-16(9-7-15)31-13(2)3)22(28)18(33-24)12-17-10-11-19(25)32-17/h6-13,21H,5H2,1-4H3/b18-12-/t21-/m1/s1. The zero-order valence-corrected chi connectivity index (χ0v) is 21.0. The Hall–Kier alpha value is -2.91. The number of carbonyl (C=O) groups is 1. The molecule has 33 heavy (non-hydrogen) atoms. The Labute approximate surface area is 202 Å². The first-order valence-corrected chi connectivity index (χ1v) is 12.1. The van der Waals surface area contributed by atoms with Gasteiger partial charge in [-0.3, -0.25) is 9.36 Å². The molecule has 0 radical (unpaired) electrons. The summed E-state index contributed by atoms with van der Waals surface area (Å²) in [5.41, 5.74) is 1.37. The molecule has 1 aromatic carbocycles. The predicted molar refractivity (Wildman–Crippen MR) is 129 cm³/mol. The zero-order valence-electron chi connectivity index (χ0n) is 18.6. The fourth-order valence-electron chi connectivity index (χ4n) is 3.64. The molecule has 0 N–H and O–H groups in total. The first-order valence-electron chi connectivity index (χ1n) is 10.5. The lowest BCUT2D eigenvalue weighted by atomic mass is 9.96. The van der Waals surface area contributed by atoms with Crippen LogP contribution < -0.4 is 19.6 Å². The number of hydrogen-bond donors (Lipinski definition) is 0. The van der Waals surface area contributed by atoms with E-state index in [2.05, 4.69) is 20.9 Å². The maximum absolute atomic E-state index is 13.5. The van der Waals surface area contributed by atoms with E-state index >= 15 is 0 Å². The second-order valence-corrected chi connectivity index (χ2v) is 9.47. The number of nitrogens with zero attached hydrogens (tertiary/aromatic N) is 2. The minimum absolute atomic E-state index is 0.0346. The molecular formula is C24H23BrN2O5S. The highest BCUT2D eigenvalue weighted by Gasteiger charge is 2.33. The average molecular weight is 531 g/mol. The van der Waals surface area contributed by atoms with E-state index in [-0.39, 0.29) is 18.3 Å². The molecule has 3 heterocycles. The topological polar surface area (TPSA) is 83.0 Å². The van der Waals surface area contributed by atoms with Crippen molar-refractivity contribution < 1.29 is 18.7 Å². The molecular weight excluding hydrogens is 508 g/mol. The van der Waals surface area contributed by atoms with Crippen molar-refractivity contribution >= 4 is 39.3 Å². The van der Waals surface area contributed by atoms with E-state index < -0.39 is 12.0 Å². The van der Waals surface area contributed by atoms with Gasteiger partial charge in [0.15, 0.2) is 9.47 Å². The van der Waals surface area contributed by atoms with Crippen LogP contribution in [0.4, 0.5) is 0 Å². The van der Waals surface area contributed by atoms with Gasteiger partial charge < -0.3 is 13.9 Å². The molecule has 0 aliphatic carbocycles. The van der Waals surface area contributed by atoms with Crippen LogP contribution in [-0.4, -0.2) is 23.2 Å². The molecule has 0 fully saturated rings. The van der Waals surface area contributed by atoms with Crippen molar-refractivity contribution in [2.45, 2.75) is 39.8 Å². The van der Waals surface area contributed by atoms with Gasteiger partial charge in [-0.25, -0.2) is 9.79 Å². The summed E-state index contributed by atoms with van der Waals surface area (Å²) in [6, 6.07) is 10.3. The number of rotatable bonds is 6. The highest BCUT2D eigenvalue weighted by molar-refractivity contribution is 9.10. The van der Waals surface area contributed by atoms with Gasteiger partial charge in [0.05, 0.1) is 34.6 Å². The highest BCUT2D eigenvalue weighted by Crippen LogP contribution is 2.31. The summed E-state index contributed by atoms with van der Waals surface area (Å²) >= 11 is 4.52. The van der Waals surface area contributed by atoms with Crippen LogP contribution in [0.1, 0.15) is 45.1 Å². The Morgan fingerprint density at radius 3 is 2.61 bits per heavy atom. The lowest BCUT2D eigenvalue weighted by Gasteiger charge is -2.25. The van der Waals surface area contributed by atoms with Crippen LogP contribution in [0.5, 0.6) is 5.75 Å². The van der Waals surface area contributed by atoms with Crippen LogP contribution in [-0.2, 0) is 9.53 Å². The van der Waals surface area contributed by atoms with E-state index in [4.69, 9.17) is 13.9 Å². The second-order valence-electron chi connectivity index (χ2n) is 7.68. The smallest absolute Gasteiger partial charge is 0.338 e. The van der Waals surface area contributed by atoms with Gasteiger partial charge in [-0.1, -0.05) is 23.5 Å². The number of esters is 1. The lowest BCUT2D eigenvalue weighted by Crippen LogP contribution is -2.39. The molecule has 0 saturated carbocycles. The van der Waals surface area contributed by atoms with Gasteiger partial charge >= 0.3 is 5.97 Å².